The lowest BCUT2D eigenvalue weighted by Gasteiger charge is -2.04. The van der Waals surface area contributed by atoms with Gasteiger partial charge in [-0.05, 0) is 23.8 Å². The Labute approximate surface area is 75.2 Å². The van der Waals surface area contributed by atoms with E-state index in [0.717, 1.165) is 0 Å². The predicted molar refractivity (Wildman–Crippen MR) is 46.8 cm³/mol. The zero-order chi connectivity index (χ0) is 8.97. The fraction of sp³-hybridized carbons (Fsp3) is 0.111. The molecule has 0 N–H and O–H groups in total. The summed E-state index contributed by atoms with van der Waals surface area (Å²) < 4.78 is 0. The van der Waals surface area contributed by atoms with Crippen molar-refractivity contribution in [2.75, 3.05) is 0 Å². The normalized spacial score (nSPS) is 22.1. The SMILES string of the molecule is O=C(Cl)C=CC1C=CC=CC1=O. The van der Waals surface area contributed by atoms with Crippen molar-refractivity contribution >= 4 is 22.6 Å². The molecule has 0 radical (unpaired) electrons. The minimum absolute atomic E-state index is 0.0355. The van der Waals surface area contributed by atoms with Gasteiger partial charge in [0.25, 0.3) is 0 Å². The highest BCUT2D eigenvalue weighted by atomic mass is 35.5. The molecule has 0 heterocycles. The van der Waals surface area contributed by atoms with E-state index in [2.05, 4.69) is 0 Å². The van der Waals surface area contributed by atoms with Gasteiger partial charge >= 0.3 is 0 Å². The van der Waals surface area contributed by atoms with Crippen molar-refractivity contribution < 1.29 is 9.59 Å². The van der Waals surface area contributed by atoms with E-state index in [1.54, 1.807) is 18.2 Å². The average molecular weight is 183 g/mol. The molecule has 0 spiro atoms. The fourth-order valence-corrected chi connectivity index (χ4v) is 0.951. The van der Waals surface area contributed by atoms with Crippen molar-refractivity contribution in [3.05, 3.63) is 36.5 Å². The van der Waals surface area contributed by atoms with Gasteiger partial charge in [-0.3, -0.25) is 9.59 Å². The van der Waals surface area contributed by atoms with Crippen LogP contribution >= 0.6 is 11.6 Å². The predicted octanol–water partition coefficient (Wildman–Crippen LogP) is 1.62. The first kappa shape index (κ1) is 8.94. The number of ketones is 1. The van der Waals surface area contributed by atoms with Crippen LogP contribution in [-0.2, 0) is 9.59 Å². The number of halogens is 1. The molecule has 0 saturated heterocycles. The van der Waals surface area contributed by atoms with Crippen LogP contribution in [0.3, 0.4) is 0 Å². The fourth-order valence-electron chi connectivity index (χ4n) is 0.879. The highest BCUT2D eigenvalue weighted by molar-refractivity contribution is 6.66. The standard InChI is InChI=1S/C9H7ClO2/c10-9(12)6-5-7-3-1-2-4-8(7)11/h1-7H. The van der Waals surface area contributed by atoms with Crippen molar-refractivity contribution in [2.24, 2.45) is 5.92 Å². The molecule has 12 heavy (non-hydrogen) atoms. The third kappa shape index (κ3) is 2.47. The molecule has 0 aromatic heterocycles. The number of hydrogen-bond acceptors (Lipinski definition) is 2. The maximum atomic E-state index is 11.1. The summed E-state index contributed by atoms with van der Waals surface area (Å²) in [5.74, 6) is -0.371. The molecule has 0 aromatic rings. The van der Waals surface area contributed by atoms with Gasteiger partial charge in [0.2, 0.25) is 5.24 Å². The van der Waals surface area contributed by atoms with Crippen molar-refractivity contribution in [3.63, 3.8) is 0 Å². The van der Waals surface area contributed by atoms with E-state index in [1.807, 2.05) is 0 Å². The summed E-state index contributed by atoms with van der Waals surface area (Å²) in [4.78, 5) is 21.4. The summed E-state index contributed by atoms with van der Waals surface area (Å²) in [5, 5.41) is -0.564. The Morgan fingerprint density at radius 2 is 2.25 bits per heavy atom. The van der Waals surface area contributed by atoms with Gasteiger partial charge in [0.1, 0.15) is 0 Å². The minimum Gasteiger partial charge on any atom is -0.294 e. The highest BCUT2D eigenvalue weighted by Crippen LogP contribution is 2.09. The molecule has 0 bridgehead atoms. The average Bonchev–Trinajstić information content (AvgIpc) is 2.03. The van der Waals surface area contributed by atoms with Gasteiger partial charge in [0.15, 0.2) is 5.78 Å². The number of rotatable bonds is 2. The Balaban J connectivity index is 2.65. The van der Waals surface area contributed by atoms with Crippen LogP contribution < -0.4 is 0 Å². The topological polar surface area (TPSA) is 34.1 Å². The molecular formula is C9H7ClO2. The second kappa shape index (κ2) is 4.02. The molecule has 2 nitrogen and oxygen atoms in total. The van der Waals surface area contributed by atoms with Gasteiger partial charge in [-0.2, -0.15) is 0 Å². The van der Waals surface area contributed by atoms with E-state index >= 15 is 0 Å². The van der Waals surface area contributed by atoms with Crippen molar-refractivity contribution in [1.29, 1.82) is 0 Å². The molecule has 1 aliphatic carbocycles. The lowest BCUT2D eigenvalue weighted by atomic mass is 9.99. The van der Waals surface area contributed by atoms with Crippen molar-refractivity contribution in [3.8, 4) is 0 Å². The van der Waals surface area contributed by atoms with Crippen LogP contribution in [0.4, 0.5) is 0 Å². The van der Waals surface area contributed by atoms with E-state index < -0.39 is 5.24 Å². The van der Waals surface area contributed by atoms with Gasteiger partial charge < -0.3 is 0 Å². The smallest absolute Gasteiger partial charge is 0.244 e. The molecule has 1 atom stereocenters. The van der Waals surface area contributed by atoms with E-state index in [4.69, 9.17) is 11.6 Å². The Morgan fingerprint density at radius 1 is 1.50 bits per heavy atom. The van der Waals surface area contributed by atoms with E-state index in [1.165, 1.54) is 18.2 Å². The van der Waals surface area contributed by atoms with Crippen LogP contribution in [0.1, 0.15) is 0 Å². The van der Waals surface area contributed by atoms with E-state index in [0.29, 0.717) is 0 Å². The molecule has 62 valence electrons. The molecule has 0 aromatic carbocycles. The number of carbonyl (C=O) groups is 2. The summed E-state index contributed by atoms with van der Waals surface area (Å²) in [7, 11) is 0. The van der Waals surface area contributed by atoms with Gasteiger partial charge in [0, 0.05) is 0 Å². The maximum absolute atomic E-state index is 11.1. The second-order valence-electron chi connectivity index (χ2n) is 2.34. The van der Waals surface area contributed by atoms with Gasteiger partial charge in [-0.25, -0.2) is 0 Å². The first-order valence-corrected chi connectivity index (χ1v) is 3.84. The Kier molecular flexibility index (Phi) is 3.00. The summed E-state index contributed by atoms with van der Waals surface area (Å²) in [6.45, 7) is 0. The quantitative estimate of drug-likeness (QED) is 0.481. The second-order valence-corrected chi connectivity index (χ2v) is 2.71. The molecule has 3 heteroatoms. The maximum Gasteiger partial charge on any atom is 0.244 e. The van der Waals surface area contributed by atoms with Crippen molar-refractivity contribution in [2.45, 2.75) is 0 Å². The molecule has 0 aliphatic heterocycles. The van der Waals surface area contributed by atoms with Gasteiger partial charge in [-0.15, -0.1) is 0 Å². The molecule has 0 fully saturated rings. The Bertz CT molecular complexity index is 287. The third-order valence-electron chi connectivity index (χ3n) is 1.45. The zero-order valence-electron chi connectivity index (χ0n) is 6.24. The lowest BCUT2D eigenvalue weighted by Crippen LogP contribution is -2.08. The number of allylic oxidation sites excluding steroid dienone is 6. The van der Waals surface area contributed by atoms with E-state index in [9.17, 15) is 9.59 Å². The molecule has 0 saturated carbocycles. The van der Waals surface area contributed by atoms with Gasteiger partial charge in [-0.1, -0.05) is 24.3 Å². The van der Waals surface area contributed by atoms with Crippen molar-refractivity contribution in [1.82, 2.24) is 0 Å². The molecule has 0 amide bonds. The summed E-state index contributed by atoms with van der Waals surface area (Å²) in [6.07, 6.45) is 9.27. The number of hydrogen-bond donors (Lipinski definition) is 0. The van der Waals surface area contributed by atoms with Crippen LogP contribution in [0.25, 0.3) is 0 Å². The first-order valence-electron chi connectivity index (χ1n) is 3.46. The summed E-state index contributed by atoms with van der Waals surface area (Å²) in [6, 6.07) is 0. The summed E-state index contributed by atoms with van der Waals surface area (Å²) in [5.41, 5.74) is 0. The Morgan fingerprint density at radius 3 is 2.83 bits per heavy atom. The molecule has 1 unspecified atom stereocenters. The number of carbonyl (C=O) groups excluding carboxylic acids is 2. The monoisotopic (exact) mass is 182 g/mol. The van der Waals surface area contributed by atoms with Crippen LogP contribution in [0.15, 0.2) is 36.5 Å². The minimum atomic E-state index is -0.564. The first-order chi connectivity index (χ1) is 5.70. The van der Waals surface area contributed by atoms with Crippen LogP contribution in [0, 0.1) is 5.92 Å². The van der Waals surface area contributed by atoms with Crippen LogP contribution in [0.2, 0.25) is 0 Å². The highest BCUT2D eigenvalue weighted by Gasteiger charge is 2.10. The van der Waals surface area contributed by atoms with Gasteiger partial charge in [0.05, 0.1) is 5.92 Å². The zero-order valence-corrected chi connectivity index (χ0v) is 6.99. The van der Waals surface area contributed by atoms with Crippen LogP contribution in [-0.4, -0.2) is 11.0 Å². The molecule has 1 aliphatic rings. The van der Waals surface area contributed by atoms with Crippen LogP contribution in [0.5, 0.6) is 0 Å². The molecule has 1 rings (SSSR count). The Hall–Kier alpha value is -1.15. The molecular weight excluding hydrogens is 176 g/mol. The third-order valence-corrected chi connectivity index (χ3v) is 1.58. The lowest BCUT2D eigenvalue weighted by molar-refractivity contribution is -0.115. The largest absolute Gasteiger partial charge is 0.294 e. The summed E-state index contributed by atoms with van der Waals surface area (Å²) >= 11 is 5.07. The van der Waals surface area contributed by atoms with E-state index in [-0.39, 0.29) is 11.7 Å².